The van der Waals surface area contributed by atoms with Crippen molar-refractivity contribution in [2.24, 2.45) is 0 Å². The molecule has 47 heavy (non-hydrogen) atoms. The van der Waals surface area contributed by atoms with Crippen LogP contribution in [-0.2, 0) is 0 Å². The van der Waals surface area contributed by atoms with Crippen molar-refractivity contribution in [3.05, 3.63) is 175 Å². The number of anilines is 3. The minimum Gasteiger partial charge on any atom is -0.310 e. The number of aromatic nitrogens is 2. The molecule has 2 heterocycles. The van der Waals surface area contributed by atoms with Crippen LogP contribution in [0.15, 0.2) is 164 Å². The maximum Gasteiger partial charge on any atom is 0.125 e. The van der Waals surface area contributed by atoms with Crippen LogP contribution < -0.4 is 4.90 Å². The zero-order valence-corrected chi connectivity index (χ0v) is 25.2. The number of para-hydroxylation sites is 3. The van der Waals surface area contributed by atoms with Gasteiger partial charge < -0.3 is 14.0 Å². The predicted molar refractivity (Wildman–Crippen MR) is 190 cm³/mol. The Morgan fingerprint density at radius 2 is 0.936 bits per heavy atom. The van der Waals surface area contributed by atoms with Crippen molar-refractivity contribution in [3.8, 4) is 11.4 Å². The van der Waals surface area contributed by atoms with E-state index in [0.29, 0.717) is 0 Å². The predicted octanol–water partition coefficient (Wildman–Crippen LogP) is 11.6. The van der Waals surface area contributed by atoms with Crippen LogP contribution in [0.1, 0.15) is 0 Å². The maximum absolute atomic E-state index is 14.6. The van der Waals surface area contributed by atoms with Crippen LogP contribution in [0.2, 0.25) is 0 Å². The number of benzene rings is 7. The molecule has 0 atom stereocenters. The first-order chi connectivity index (χ1) is 23.2. The highest BCUT2D eigenvalue weighted by Gasteiger charge is 2.22. The molecule has 5 heteroatoms. The monoisotopic (exact) mass is 611 g/mol. The third-order valence-electron chi connectivity index (χ3n) is 8.98. The largest absolute Gasteiger partial charge is 0.310 e. The summed E-state index contributed by atoms with van der Waals surface area (Å²) in [4.78, 5) is 2.28. The second-order valence-electron chi connectivity index (χ2n) is 11.7. The Kier molecular flexibility index (Phi) is 6.18. The van der Waals surface area contributed by atoms with Crippen LogP contribution in [0, 0.1) is 11.6 Å². The van der Waals surface area contributed by atoms with E-state index in [0.717, 1.165) is 72.0 Å². The molecule has 0 aliphatic carbocycles. The number of hydrogen-bond donors (Lipinski definition) is 0. The van der Waals surface area contributed by atoms with Gasteiger partial charge in [0.25, 0.3) is 0 Å². The summed E-state index contributed by atoms with van der Waals surface area (Å²) in [7, 11) is 0. The van der Waals surface area contributed by atoms with Gasteiger partial charge in [0.1, 0.15) is 11.6 Å². The standard InChI is InChI=1S/C42H27F2N3/c43-28-11-8-15-31(25-28)46-38-20-7-5-18-36(38)42-39(21-10-22-40(42)46)45(30-13-2-1-3-14-30)33-23-24-35-34-17-4-6-19-37(34)47(41(35)27-33)32-16-9-12-29(44)26-32/h1-27H. The third kappa shape index (κ3) is 4.32. The molecule has 0 unspecified atom stereocenters. The molecule has 9 rings (SSSR count). The van der Waals surface area contributed by atoms with Crippen molar-refractivity contribution in [2.45, 2.75) is 0 Å². The van der Waals surface area contributed by atoms with Crippen LogP contribution >= 0.6 is 0 Å². The van der Waals surface area contributed by atoms with Gasteiger partial charge in [-0.2, -0.15) is 0 Å². The molecule has 0 bridgehead atoms. The van der Waals surface area contributed by atoms with E-state index in [2.05, 4.69) is 86.8 Å². The van der Waals surface area contributed by atoms with Crippen LogP contribution in [0.4, 0.5) is 25.8 Å². The SMILES string of the molecule is Fc1cccc(-n2c3ccccc3c3ccc(N(c4ccccc4)c4cccc5c4c4ccccc4n5-c4cccc(F)c4)cc32)c1. The minimum atomic E-state index is -0.281. The Bertz CT molecular complexity index is 2620. The van der Waals surface area contributed by atoms with Gasteiger partial charge in [0.2, 0.25) is 0 Å². The van der Waals surface area contributed by atoms with Crippen LogP contribution in [-0.4, -0.2) is 9.13 Å². The Labute approximate surface area is 269 Å². The first kappa shape index (κ1) is 27.1. The maximum atomic E-state index is 14.6. The summed E-state index contributed by atoms with van der Waals surface area (Å²) in [6.07, 6.45) is 0. The molecule has 7 aromatic carbocycles. The summed E-state index contributed by atoms with van der Waals surface area (Å²) in [6.45, 7) is 0. The highest BCUT2D eigenvalue weighted by atomic mass is 19.1. The van der Waals surface area contributed by atoms with Gasteiger partial charge >= 0.3 is 0 Å². The second-order valence-corrected chi connectivity index (χ2v) is 11.7. The lowest BCUT2D eigenvalue weighted by molar-refractivity contribution is 0.626. The third-order valence-corrected chi connectivity index (χ3v) is 8.98. The zero-order valence-electron chi connectivity index (χ0n) is 25.2. The van der Waals surface area contributed by atoms with E-state index in [9.17, 15) is 8.78 Å². The molecule has 2 aromatic heterocycles. The summed E-state index contributed by atoms with van der Waals surface area (Å²) in [5.74, 6) is -0.561. The normalized spacial score (nSPS) is 11.6. The first-order valence-corrected chi connectivity index (χ1v) is 15.6. The number of halogens is 2. The van der Waals surface area contributed by atoms with E-state index < -0.39 is 0 Å². The Morgan fingerprint density at radius 3 is 1.64 bits per heavy atom. The Balaban J connectivity index is 1.36. The molecule has 3 nitrogen and oxygen atoms in total. The molecule has 0 saturated carbocycles. The fourth-order valence-corrected chi connectivity index (χ4v) is 7.08. The number of rotatable bonds is 5. The van der Waals surface area contributed by atoms with E-state index in [4.69, 9.17) is 0 Å². The van der Waals surface area contributed by atoms with Gasteiger partial charge in [-0.25, -0.2) is 8.78 Å². The summed E-state index contributed by atoms with van der Waals surface area (Å²) in [5, 5.41) is 4.31. The van der Waals surface area contributed by atoms with Gasteiger partial charge in [0.15, 0.2) is 0 Å². The number of nitrogens with zero attached hydrogens (tertiary/aromatic N) is 3. The Morgan fingerprint density at radius 1 is 0.383 bits per heavy atom. The van der Waals surface area contributed by atoms with E-state index >= 15 is 0 Å². The van der Waals surface area contributed by atoms with Gasteiger partial charge in [0.05, 0.1) is 27.8 Å². The lowest BCUT2D eigenvalue weighted by atomic mass is 10.1. The lowest BCUT2D eigenvalue weighted by Crippen LogP contribution is -2.10. The van der Waals surface area contributed by atoms with Gasteiger partial charge in [-0.1, -0.05) is 78.9 Å². The molecule has 0 N–H and O–H groups in total. The second kappa shape index (κ2) is 10.7. The molecule has 0 fully saturated rings. The van der Waals surface area contributed by atoms with E-state index in [1.165, 1.54) is 12.1 Å². The zero-order chi connectivity index (χ0) is 31.5. The van der Waals surface area contributed by atoms with Crippen molar-refractivity contribution in [1.29, 1.82) is 0 Å². The quantitative estimate of drug-likeness (QED) is 0.189. The van der Waals surface area contributed by atoms with E-state index in [1.54, 1.807) is 24.3 Å². The van der Waals surface area contributed by atoms with Crippen molar-refractivity contribution in [3.63, 3.8) is 0 Å². The van der Waals surface area contributed by atoms with Crippen LogP contribution in [0.5, 0.6) is 0 Å². The highest BCUT2D eigenvalue weighted by Crippen LogP contribution is 2.45. The Hall–Kier alpha value is -6.20. The minimum absolute atomic E-state index is 0.280. The topological polar surface area (TPSA) is 13.1 Å². The smallest absolute Gasteiger partial charge is 0.125 e. The van der Waals surface area contributed by atoms with Gasteiger partial charge in [-0.15, -0.1) is 0 Å². The molecule has 224 valence electrons. The summed E-state index contributed by atoms with van der Waals surface area (Å²) in [6, 6.07) is 53.1. The van der Waals surface area contributed by atoms with Gasteiger partial charge in [-0.3, -0.25) is 0 Å². The van der Waals surface area contributed by atoms with Crippen LogP contribution in [0.25, 0.3) is 55.0 Å². The molecule has 0 radical (unpaired) electrons. The number of fused-ring (bicyclic) bond motifs is 6. The first-order valence-electron chi connectivity index (χ1n) is 15.6. The molecular formula is C42H27F2N3. The molecule has 0 spiro atoms. The van der Waals surface area contributed by atoms with Gasteiger partial charge in [0, 0.05) is 44.3 Å². The number of hydrogen-bond acceptors (Lipinski definition) is 1. The molecular weight excluding hydrogens is 584 g/mol. The van der Waals surface area contributed by atoms with E-state index in [1.807, 2.05) is 54.6 Å². The van der Waals surface area contributed by atoms with E-state index in [-0.39, 0.29) is 11.6 Å². The summed E-state index contributed by atoms with van der Waals surface area (Å²) in [5.41, 5.74) is 8.43. The molecule has 9 aromatic rings. The average Bonchev–Trinajstić information content (AvgIpc) is 3.62. The fourth-order valence-electron chi connectivity index (χ4n) is 7.08. The van der Waals surface area contributed by atoms with Crippen molar-refractivity contribution in [1.82, 2.24) is 9.13 Å². The van der Waals surface area contributed by atoms with Crippen molar-refractivity contribution >= 4 is 60.7 Å². The van der Waals surface area contributed by atoms with Gasteiger partial charge in [-0.05, 0) is 84.9 Å². The van der Waals surface area contributed by atoms with Crippen molar-refractivity contribution < 1.29 is 8.78 Å². The molecule has 0 aliphatic rings. The molecule has 0 saturated heterocycles. The average molecular weight is 612 g/mol. The molecule has 0 amide bonds. The van der Waals surface area contributed by atoms with Crippen molar-refractivity contribution in [2.75, 3.05) is 4.90 Å². The lowest BCUT2D eigenvalue weighted by Gasteiger charge is -2.27. The van der Waals surface area contributed by atoms with Crippen LogP contribution in [0.3, 0.4) is 0 Å². The summed E-state index contributed by atoms with van der Waals surface area (Å²) >= 11 is 0. The summed E-state index contributed by atoms with van der Waals surface area (Å²) < 4.78 is 33.4. The highest BCUT2D eigenvalue weighted by molar-refractivity contribution is 6.17. The molecule has 0 aliphatic heterocycles. The fraction of sp³-hybridized carbons (Fsp3) is 0.